The maximum absolute atomic E-state index is 6.36. The van der Waals surface area contributed by atoms with Crippen molar-refractivity contribution in [3.05, 3.63) is 18.0 Å². The van der Waals surface area contributed by atoms with Crippen molar-refractivity contribution in [3.8, 4) is 0 Å². The highest BCUT2D eigenvalue weighted by Gasteiger charge is 2.41. The fourth-order valence-electron chi connectivity index (χ4n) is 4.74. The molecule has 0 aromatic carbocycles. The molecule has 2 aliphatic heterocycles. The Kier molecular flexibility index (Phi) is 7.05. The quantitative estimate of drug-likeness (QED) is 0.404. The highest BCUT2D eigenvalue weighted by molar-refractivity contribution is 14.0. The number of halogens is 1. The van der Waals surface area contributed by atoms with Gasteiger partial charge in [-0.3, -0.25) is 14.6 Å². The maximum atomic E-state index is 6.36. The number of hydrogen-bond acceptors (Lipinski definition) is 3. The Morgan fingerprint density at radius 3 is 2.56 bits per heavy atom. The van der Waals surface area contributed by atoms with Gasteiger partial charge >= 0.3 is 0 Å². The first-order valence-corrected chi connectivity index (χ1v) is 10.4. The van der Waals surface area contributed by atoms with Gasteiger partial charge < -0.3 is 10.6 Å². The number of guanidine groups is 1. The highest BCUT2D eigenvalue weighted by Crippen LogP contribution is 2.42. The van der Waals surface area contributed by atoms with Gasteiger partial charge in [-0.05, 0) is 63.0 Å². The molecule has 1 saturated carbocycles. The lowest BCUT2D eigenvalue weighted by molar-refractivity contribution is 0.0822. The summed E-state index contributed by atoms with van der Waals surface area (Å²) in [6.45, 7) is 6.48. The summed E-state index contributed by atoms with van der Waals surface area (Å²) in [7, 11) is 2.07. The van der Waals surface area contributed by atoms with E-state index in [1.54, 1.807) is 0 Å². The number of aryl methyl sites for hydroxylation is 1. The molecular weight excluding hydrogens is 451 g/mol. The number of aliphatic imine (C=N–C) groups is 1. The highest BCUT2D eigenvalue weighted by atomic mass is 127. The van der Waals surface area contributed by atoms with E-state index >= 15 is 0 Å². The molecule has 2 atom stereocenters. The molecule has 4 rings (SSSR count). The predicted octanol–water partition coefficient (Wildman–Crippen LogP) is 3.00. The van der Waals surface area contributed by atoms with Crippen LogP contribution in [-0.4, -0.2) is 57.8 Å². The third kappa shape index (κ3) is 4.78. The standard InChI is InChI=1S/C20H34N6.HI/c1-15-8-12-25(13-9-15)20(21)22-14-16-4-3-11-26(17-5-6-17)19(16)18-7-10-23-24(18)2;/h7,10,15-17,19H,3-6,8-9,11-14H2,1-2H3,(H2,21,22);1H/t16-,19+;/m0./s1. The zero-order chi connectivity index (χ0) is 18.1. The molecule has 152 valence electrons. The van der Waals surface area contributed by atoms with Crippen molar-refractivity contribution in [2.45, 2.75) is 57.5 Å². The van der Waals surface area contributed by atoms with Crippen LogP contribution in [-0.2, 0) is 7.05 Å². The number of hydrogen-bond donors (Lipinski definition) is 1. The van der Waals surface area contributed by atoms with E-state index in [9.17, 15) is 0 Å². The van der Waals surface area contributed by atoms with Crippen LogP contribution in [0.2, 0.25) is 0 Å². The summed E-state index contributed by atoms with van der Waals surface area (Å²) in [6, 6.07) is 3.39. The first-order chi connectivity index (χ1) is 12.6. The Bertz CT molecular complexity index is 632. The van der Waals surface area contributed by atoms with E-state index in [1.165, 1.54) is 50.8 Å². The second kappa shape index (κ2) is 9.11. The maximum Gasteiger partial charge on any atom is 0.191 e. The van der Waals surface area contributed by atoms with Gasteiger partial charge in [0.15, 0.2) is 5.96 Å². The van der Waals surface area contributed by atoms with Gasteiger partial charge in [-0.15, -0.1) is 24.0 Å². The van der Waals surface area contributed by atoms with Crippen LogP contribution in [0.4, 0.5) is 0 Å². The van der Waals surface area contributed by atoms with Crippen LogP contribution in [0.3, 0.4) is 0 Å². The van der Waals surface area contributed by atoms with Gasteiger partial charge in [0.2, 0.25) is 0 Å². The van der Waals surface area contributed by atoms with Crippen molar-refractivity contribution < 1.29 is 0 Å². The molecule has 3 aliphatic rings. The second-order valence-electron chi connectivity index (χ2n) is 8.56. The molecule has 1 aliphatic carbocycles. The molecule has 0 radical (unpaired) electrons. The fourth-order valence-corrected chi connectivity index (χ4v) is 4.74. The lowest BCUT2D eigenvalue weighted by atomic mass is 9.86. The summed E-state index contributed by atoms with van der Waals surface area (Å²) in [4.78, 5) is 9.86. The summed E-state index contributed by atoms with van der Waals surface area (Å²) >= 11 is 0. The molecular formula is C20H35IN6. The van der Waals surface area contributed by atoms with E-state index in [0.717, 1.165) is 37.6 Å². The molecule has 0 amide bonds. The molecule has 1 aromatic heterocycles. The van der Waals surface area contributed by atoms with Crippen molar-refractivity contribution >= 4 is 29.9 Å². The molecule has 2 N–H and O–H groups in total. The topological polar surface area (TPSA) is 62.7 Å². The molecule has 1 aromatic rings. The Labute approximate surface area is 180 Å². The minimum absolute atomic E-state index is 0. The third-order valence-electron chi connectivity index (χ3n) is 6.57. The van der Waals surface area contributed by atoms with Gasteiger partial charge in [-0.1, -0.05) is 6.92 Å². The Morgan fingerprint density at radius 1 is 1.19 bits per heavy atom. The Hall–Kier alpha value is -0.830. The van der Waals surface area contributed by atoms with Crippen LogP contribution in [0, 0.1) is 11.8 Å². The van der Waals surface area contributed by atoms with E-state index in [1.807, 2.05) is 6.20 Å². The van der Waals surface area contributed by atoms with Gasteiger partial charge in [0.1, 0.15) is 0 Å². The van der Waals surface area contributed by atoms with Crippen LogP contribution in [0.5, 0.6) is 0 Å². The number of likely N-dealkylation sites (tertiary alicyclic amines) is 2. The molecule has 2 saturated heterocycles. The Balaban J connectivity index is 0.00000210. The zero-order valence-electron chi connectivity index (χ0n) is 16.8. The van der Waals surface area contributed by atoms with Crippen molar-refractivity contribution in [2.24, 2.45) is 29.6 Å². The average Bonchev–Trinajstić information content (AvgIpc) is 3.41. The lowest BCUT2D eigenvalue weighted by Crippen LogP contribution is -2.44. The zero-order valence-corrected chi connectivity index (χ0v) is 19.1. The van der Waals surface area contributed by atoms with E-state index in [2.05, 4.69) is 39.6 Å². The minimum atomic E-state index is 0. The number of nitrogens with two attached hydrogens (primary N) is 1. The molecule has 3 heterocycles. The molecule has 0 bridgehead atoms. The summed E-state index contributed by atoms with van der Waals surface area (Å²) in [5, 5.41) is 4.44. The smallest absolute Gasteiger partial charge is 0.191 e. The Morgan fingerprint density at radius 2 is 1.93 bits per heavy atom. The summed E-state index contributed by atoms with van der Waals surface area (Å²) in [6.07, 6.45) is 9.58. The average molecular weight is 486 g/mol. The summed E-state index contributed by atoms with van der Waals surface area (Å²) in [5.41, 5.74) is 7.69. The second-order valence-corrected chi connectivity index (χ2v) is 8.56. The van der Waals surface area contributed by atoms with Gasteiger partial charge in [0.25, 0.3) is 0 Å². The summed E-state index contributed by atoms with van der Waals surface area (Å²) in [5.74, 6) is 2.10. The molecule has 3 fully saturated rings. The SMILES string of the molecule is CC1CCN(C(N)=NC[C@@H]2CCCN(C3CC3)[C@H]2c2ccnn2C)CC1.I. The van der Waals surface area contributed by atoms with Gasteiger partial charge in [-0.2, -0.15) is 5.10 Å². The van der Waals surface area contributed by atoms with Crippen molar-refractivity contribution in [1.29, 1.82) is 0 Å². The monoisotopic (exact) mass is 486 g/mol. The van der Waals surface area contributed by atoms with E-state index in [-0.39, 0.29) is 24.0 Å². The van der Waals surface area contributed by atoms with Crippen LogP contribution in [0.1, 0.15) is 57.2 Å². The predicted molar refractivity (Wildman–Crippen MR) is 120 cm³/mol. The van der Waals surface area contributed by atoms with Crippen LogP contribution in [0.15, 0.2) is 17.3 Å². The molecule has 0 unspecified atom stereocenters. The van der Waals surface area contributed by atoms with Gasteiger partial charge in [-0.25, -0.2) is 0 Å². The fraction of sp³-hybridized carbons (Fsp3) is 0.800. The van der Waals surface area contributed by atoms with Crippen molar-refractivity contribution in [1.82, 2.24) is 19.6 Å². The van der Waals surface area contributed by atoms with E-state index in [4.69, 9.17) is 10.7 Å². The van der Waals surface area contributed by atoms with E-state index < -0.39 is 0 Å². The van der Waals surface area contributed by atoms with Crippen LogP contribution < -0.4 is 5.73 Å². The largest absolute Gasteiger partial charge is 0.370 e. The lowest BCUT2D eigenvalue weighted by Gasteiger charge is -2.41. The minimum Gasteiger partial charge on any atom is -0.370 e. The first kappa shape index (κ1) is 20.9. The normalized spacial score (nSPS) is 28.2. The molecule has 6 nitrogen and oxygen atoms in total. The first-order valence-electron chi connectivity index (χ1n) is 10.4. The van der Waals surface area contributed by atoms with Gasteiger partial charge in [0.05, 0.1) is 11.7 Å². The molecule has 0 spiro atoms. The number of nitrogens with zero attached hydrogens (tertiary/aromatic N) is 5. The van der Waals surface area contributed by atoms with Gasteiger partial charge in [0, 0.05) is 38.9 Å². The third-order valence-corrected chi connectivity index (χ3v) is 6.57. The van der Waals surface area contributed by atoms with Crippen LogP contribution in [0.25, 0.3) is 0 Å². The molecule has 7 heteroatoms. The summed E-state index contributed by atoms with van der Waals surface area (Å²) < 4.78 is 2.05. The van der Waals surface area contributed by atoms with Crippen molar-refractivity contribution in [3.63, 3.8) is 0 Å². The number of aromatic nitrogens is 2. The number of piperidine rings is 2. The van der Waals surface area contributed by atoms with Crippen molar-refractivity contribution in [2.75, 3.05) is 26.2 Å². The molecule has 27 heavy (non-hydrogen) atoms. The number of rotatable bonds is 4. The van der Waals surface area contributed by atoms with Crippen LogP contribution >= 0.6 is 24.0 Å². The van der Waals surface area contributed by atoms with E-state index in [0.29, 0.717) is 12.0 Å².